The van der Waals surface area contributed by atoms with E-state index >= 15 is 0 Å². The van der Waals surface area contributed by atoms with Crippen LogP contribution in [0.15, 0.2) is 18.2 Å². The molecule has 0 radical (unpaired) electrons. The molecule has 5 nitrogen and oxygen atoms in total. The molecule has 0 saturated heterocycles. The average Bonchev–Trinajstić information content (AvgIpc) is 2.37. The zero-order chi connectivity index (χ0) is 13.8. The Morgan fingerprint density at radius 3 is 2.79 bits per heavy atom. The zero-order valence-electron chi connectivity index (χ0n) is 10.9. The second-order valence-electron chi connectivity index (χ2n) is 5.16. The van der Waals surface area contributed by atoms with Crippen molar-refractivity contribution in [1.82, 2.24) is 0 Å². The number of amides is 1. The van der Waals surface area contributed by atoms with E-state index in [9.17, 15) is 9.90 Å². The SMILES string of the molecule is NC(=O)c1ccc(N)cc1NCC1CCCCC1O. The van der Waals surface area contributed by atoms with Crippen LogP contribution in [-0.2, 0) is 0 Å². The fourth-order valence-electron chi connectivity index (χ4n) is 2.59. The van der Waals surface area contributed by atoms with Crippen LogP contribution in [0.2, 0.25) is 0 Å². The Balaban J connectivity index is 2.05. The summed E-state index contributed by atoms with van der Waals surface area (Å²) in [6.45, 7) is 0.630. The van der Waals surface area contributed by atoms with Crippen molar-refractivity contribution in [3.63, 3.8) is 0 Å². The van der Waals surface area contributed by atoms with Gasteiger partial charge >= 0.3 is 0 Å². The van der Waals surface area contributed by atoms with Gasteiger partial charge in [0.15, 0.2) is 0 Å². The number of anilines is 2. The Bertz CT molecular complexity index is 462. The molecule has 0 bridgehead atoms. The van der Waals surface area contributed by atoms with Crippen LogP contribution in [0.3, 0.4) is 0 Å². The summed E-state index contributed by atoms with van der Waals surface area (Å²) in [4.78, 5) is 11.3. The first-order valence-electron chi connectivity index (χ1n) is 6.69. The minimum atomic E-state index is -0.480. The molecule has 6 N–H and O–H groups in total. The van der Waals surface area contributed by atoms with Gasteiger partial charge in [-0.25, -0.2) is 0 Å². The lowest BCUT2D eigenvalue weighted by atomic mass is 9.86. The van der Waals surface area contributed by atoms with Crippen molar-refractivity contribution < 1.29 is 9.90 Å². The monoisotopic (exact) mass is 263 g/mol. The van der Waals surface area contributed by atoms with Crippen LogP contribution in [0, 0.1) is 5.92 Å². The quantitative estimate of drug-likeness (QED) is 0.615. The minimum Gasteiger partial charge on any atom is -0.399 e. The molecule has 104 valence electrons. The van der Waals surface area contributed by atoms with Crippen LogP contribution >= 0.6 is 0 Å². The van der Waals surface area contributed by atoms with Crippen molar-refractivity contribution >= 4 is 17.3 Å². The molecule has 1 fully saturated rings. The molecule has 0 spiro atoms. The highest BCUT2D eigenvalue weighted by Gasteiger charge is 2.23. The van der Waals surface area contributed by atoms with Gasteiger partial charge in [-0.05, 0) is 31.0 Å². The van der Waals surface area contributed by atoms with E-state index in [2.05, 4.69) is 5.32 Å². The van der Waals surface area contributed by atoms with Crippen molar-refractivity contribution in [1.29, 1.82) is 0 Å². The molecular weight excluding hydrogens is 242 g/mol. The molecule has 19 heavy (non-hydrogen) atoms. The van der Waals surface area contributed by atoms with Gasteiger partial charge in [0.25, 0.3) is 5.91 Å². The van der Waals surface area contributed by atoms with E-state index in [4.69, 9.17) is 11.5 Å². The molecule has 5 heteroatoms. The lowest BCUT2D eigenvalue weighted by Gasteiger charge is -2.28. The topological polar surface area (TPSA) is 101 Å². The number of aliphatic hydroxyl groups excluding tert-OH is 1. The summed E-state index contributed by atoms with van der Waals surface area (Å²) in [5, 5.41) is 13.1. The van der Waals surface area contributed by atoms with Gasteiger partial charge in [-0.2, -0.15) is 0 Å². The number of primary amides is 1. The van der Waals surface area contributed by atoms with Gasteiger partial charge < -0.3 is 21.9 Å². The van der Waals surface area contributed by atoms with Crippen LogP contribution in [0.1, 0.15) is 36.0 Å². The zero-order valence-corrected chi connectivity index (χ0v) is 10.9. The third-order valence-corrected chi connectivity index (χ3v) is 3.73. The minimum absolute atomic E-state index is 0.218. The van der Waals surface area contributed by atoms with Gasteiger partial charge in [0.05, 0.1) is 11.7 Å². The second kappa shape index (κ2) is 5.93. The first-order chi connectivity index (χ1) is 9.08. The molecule has 1 aromatic rings. The molecule has 1 aliphatic carbocycles. The van der Waals surface area contributed by atoms with Crippen molar-refractivity contribution in [3.05, 3.63) is 23.8 Å². The van der Waals surface area contributed by atoms with Crippen LogP contribution in [-0.4, -0.2) is 23.7 Å². The average molecular weight is 263 g/mol. The standard InChI is InChI=1S/C14H21N3O2/c15-10-5-6-11(14(16)19)12(7-10)17-8-9-3-1-2-4-13(9)18/h5-7,9,13,17-18H,1-4,8,15H2,(H2,16,19). The third-order valence-electron chi connectivity index (χ3n) is 3.73. The number of carbonyl (C=O) groups is 1. The Morgan fingerprint density at radius 1 is 1.37 bits per heavy atom. The highest BCUT2D eigenvalue weighted by atomic mass is 16.3. The molecule has 1 saturated carbocycles. The number of carbonyl (C=O) groups excluding carboxylic acids is 1. The Labute approximate surface area is 113 Å². The van der Waals surface area contributed by atoms with Crippen LogP contribution < -0.4 is 16.8 Å². The number of benzene rings is 1. The summed E-state index contributed by atoms with van der Waals surface area (Å²) >= 11 is 0. The molecule has 2 atom stereocenters. The Hall–Kier alpha value is -1.75. The van der Waals surface area contributed by atoms with E-state index in [-0.39, 0.29) is 12.0 Å². The van der Waals surface area contributed by atoms with Crippen LogP contribution in [0.5, 0.6) is 0 Å². The van der Waals surface area contributed by atoms with E-state index in [1.165, 1.54) is 0 Å². The first kappa shape index (κ1) is 13.7. The van der Waals surface area contributed by atoms with Crippen molar-refractivity contribution in [2.75, 3.05) is 17.6 Å². The lowest BCUT2D eigenvalue weighted by molar-refractivity contribution is 0.0763. The maximum Gasteiger partial charge on any atom is 0.250 e. The van der Waals surface area contributed by atoms with Gasteiger partial charge in [0.2, 0.25) is 0 Å². The van der Waals surface area contributed by atoms with Crippen LogP contribution in [0.25, 0.3) is 0 Å². The number of hydrogen-bond acceptors (Lipinski definition) is 4. The fourth-order valence-corrected chi connectivity index (χ4v) is 2.59. The van der Waals surface area contributed by atoms with Crippen LogP contribution in [0.4, 0.5) is 11.4 Å². The van der Waals surface area contributed by atoms with E-state index in [1.807, 2.05) is 0 Å². The molecule has 2 rings (SSSR count). The molecule has 1 aliphatic rings. The molecule has 1 amide bonds. The number of rotatable bonds is 4. The number of nitrogens with one attached hydrogen (secondary N) is 1. The predicted molar refractivity (Wildman–Crippen MR) is 75.8 cm³/mol. The lowest BCUT2D eigenvalue weighted by Crippen LogP contribution is -2.30. The Morgan fingerprint density at radius 2 is 2.11 bits per heavy atom. The van der Waals surface area contributed by atoms with E-state index in [0.717, 1.165) is 25.7 Å². The summed E-state index contributed by atoms with van der Waals surface area (Å²) < 4.78 is 0. The molecule has 0 aromatic heterocycles. The van der Waals surface area contributed by atoms with Crippen molar-refractivity contribution in [2.45, 2.75) is 31.8 Å². The molecule has 0 aliphatic heterocycles. The summed E-state index contributed by atoms with van der Waals surface area (Å²) in [6.07, 6.45) is 3.82. The van der Waals surface area contributed by atoms with Gasteiger partial charge in [0.1, 0.15) is 0 Å². The molecule has 0 heterocycles. The van der Waals surface area contributed by atoms with Gasteiger partial charge in [-0.15, -0.1) is 0 Å². The van der Waals surface area contributed by atoms with Crippen molar-refractivity contribution in [3.8, 4) is 0 Å². The smallest absolute Gasteiger partial charge is 0.250 e. The molecule has 2 unspecified atom stereocenters. The van der Waals surface area contributed by atoms with E-state index < -0.39 is 5.91 Å². The Kier molecular flexibility index (Phi) is 4.27. The third kappa shape index (κ3) is 3.38. The maximum absolute atomic E-state index is 11.3. The number of aliphatic hydroxyl groups is 1. The van der Waals surface area contributed by atoms with Gasteiger partial charge in [0, 0.05) is 23.8 Å². The predicted octanol–water partition coefficient (Wildman–Crippen LogP) is 1.33. The molecule has 1 aromatic carbocycles. The molecular formula is C14H21N3O2. The maximum atomic E-state index is 11.3. The first-order valence-corrected chi connectivity index (χ1v) is 6.69. The van der Waals surface area contributed by atoms with Gasteiger partial charge in [-0.1, -0.05) is 12.8 Å². The number of nitrogens with two attached hydrogens (primary N) is 2. The van der Waals surface area contributed by atoms with Crippen molar-refractivity contribution in [2.24, 2.45) is 11.7 Å². The number of nitrogen functional groups attached to an aromatic ring is 1. The fraction of sp³-hybridized carbons (Fsp3) is 0.500. The normalized spacial score (nSPS) is 23.0. The second-order valence-corrected chi connectivity index (χ2v) is 5.16. The summed E-state index contributed by atoms with van der Waals surface area (Å²) in [6, 6.07) is 4.98. The van der Waals surface area contributed by atoms with E-state index in [0.29, 0.717) is 23.5 Å². The summed E-state index contributed by atoms with van der Waals surface area (Å²) in [7, 11) is 0. The highest BCUT2D eigenvalue weighted by Crippen LogP contribution is 2.26. The van der Waals surface area contributed by atoms with Gasteiger partial charge in [-0.3, -0.25) is 4.79 Å². The summed E-state index contributed by atoms with van der Waals surface area (Å²) in [5.41, 5.74) is 12.7. The highest BCUT2D eigenvalue weighted by molar-refractivity contribution is 5.99. The largest absolute Gasteiger partial charge is 0.399 e. The summed E-state index contributed by atoms with van der Waals surface area (Å²) in [5.74, 6) is -0.261. The van der Waals surface area contributed by atoms with E-state index in [1.54, 1.807) is 18.2 Å². The number of hydrogen-bond donors (Lipinski definition) is 4.